The van der Waals surface area contributed by atoms with Crippen LogP contribution >= 0.6 is 0 Å². The van der Waals surface area contributed by atoms with Crippen LogP contribution in [0, 0.1) is 0 Å². The molecule has 3 heterocycles. The second kappa shape index (κ2) is 11.1. The van der Waals surface area contributed by atoms with Gasteiger partial charge >= 0.3 is 6.18 Å². The van der Waals surface area contributed by atoms with Crippen LogP contribution in [0.1, 0.15) is 24.1 Å². The van der Waals surface area contributed by atoms with Crippen LogP contribution < -0.4 is 10.6 Å². The first kappa shape index (κ1) is 24.8. The summed E-state index contributed by atoms with van der Waals surface area (Å²) >= 11 is 0. The van der Waals surface area contributed by atoms with Crippen LogP contribution in [0.5, 0.6) is 0 Å². The van der Waals surface area contributed by atoms with Gasteiger partial charge in [0.2, 0.25) is 0 Å². The Hall–Kier alpha value is -3.83. The minimum Gasteiger partial charge on any atom is -0.382 e. The van der Waals surface area contributed by atoms with E-state index in [1.54, 1.807) is 24.7 Å². The van der Waals surface area contributed by atoms with E-state index in [2.05, 4.69) is 31.0 Å². The molecule has 11 heteroatoms. The molecule has 0 aliphatic rings. The number of ether oxygens (including phenoxy) is 1. The number of anilines is 1. The second-order valence-electron chi connectivity index (χ2n) is 8.79. The second-order valence-corrected chi connectivity index (χ2v) is 8.79. The summed E-state index contributed by atoms with van der Waals surface area (Å²) in [6.45, 7) is 3.23. The molecule has 0 radical (unpaired) electrons. The van der Waals surface area contributed by atoms with Gasteiger partial charge in [0.05, 0.1) is 30.1 Å². The maximum absolute atomic E-state index is 12.9. The Balaban J connectivity index is 0.986. The molecular formula is C26H27F3N6O2. The predicted octanol–water partition coefficient (Wildman–Crippen LogP) is 5.72. The van der Waals surface area contributed by atoms with Crippen molar-refractivity contribution in [3.05, 3.63) is 66.3 Å². The summed E-state index contributed by atoms with van der Waals surface area (Å²) < 4.78 is 49.4. The van der Waals surface area contributed by atoms with Gasteiger partial charge < -0.3 is 24.9 Å². The SMILES string of the molecule is FC(F)(F)c1ccc2[nH]c(CNCCCCOCCNc3cc(-c4cnoc4)cc4[nH]ncc34)cc2c1. The van der Waals surface area contributed by atoms with Crippen LogP contribution in [-0.4, -0.2) is 46.6 Å². The van der Waals surface area contributed by atoms with Crippen LogP contribution in [0.3, 0.4) is 0 Å². The standard InChI is InChI=1S/C26H27F3N6O2/c27-26(28,29)20-3-4-23-18(9-20)10-21(34-23)14-30-5-1-2-7-36-8-6-31-24-11-17(19-13-33-37-16-19)12-25-22(24)15-32-35-25/h3-4,9-13,15-16,30-31,34H,1-2,5-8,14H2,(H,32,35). The fraction of sp³-hybridized carbons (Fsp3) is 0.308. The highest BCUT2D eigenvalue weighted by atomic mass is 19.4. The molecule has 4 N–H and O–H groups in total. The van der Waals surface area contributed by atoms with E-state index in [0.717, 1.165) is 58.9 Å². The molecule has 2 aromatic carbocycles. The van der Waals surface area contributed by atoms with Crippen molar-refractivity contribution in [2.24, 2.45) is 0 Å². The fourth-order valence-electron chi connectivity index (χ4n) is 4.21. The van der Waals surface area contributed by atoms with Crippen molar-refractivity contribution in [3.8, 4) is 11.1 Å². The number of rotatable bonds is 12. The highest BCUT2D eigenvalue weighted by Gasteiger charge is 2.30. The molecule has 0 saturated carbocycles. The number of H-pyrrole nitrogens is 2. The molecule has 5 aromatic rings. The van der Waals surface area contributed by atoms with Gasteiger partial charge in [-0.15, -0.1) is 0 Å². The fourth-order valence-corrected chi connectivity index (χ4v) is 4.21. The lowest BCUT2D eigenvalue weighted by molar-refractivity contribution is -0.137. The van der Waals surface area contributed by atoms with Crippen LogP contribution in [0.15, 0.2) is 59.6 Å². The van der Waals surface area contributed by atoms with Crippen molar-refractivity contribution in [2.75, 3.05) is 31.6 Å². The number of alkyl halides is 3. The minimum absolute atomic E-state index is 0.562. The Labute approximate surface area is 210 Å². The maximum Gasteiger partial charge on any atom is 0.416 e. The number of hydrogen-bond donors (Lipinski definition) is 4. The predicted molar refractivity (Wildman–Crippen MR) is 135 cm³/mol. The summed E-state index contributed by atoms with van der Waals surface area (Å²) in [7, 11) is 0. The van der Waals surface area contributed by atoms with Gasteiger partial charge in [-0.05, 0) is 61.3 Å². The van der Waals surface area contributed by atoms with Gasteiger partial charge in [0.1, 0.15) is 6.26 Å². The molecule has 194 valence electrons. The van der Waals surface area contributed by atoms with Crippen LogP contribution in [0.2, 0.25) is 0 Å². The van der Waals surface area contributed by atoms with Gasteiger partial charge in [0.15, 0.2) is 0 Å². The summed E-state index contributed by atoms with van der Waals surface area (Å²) in [6, 6.07) is 9.55. The van der Waals surface area contributed by atoms with Gasteiger partial charge in [0, 0.05) is 52.9 Å². The summed E-state index contributed by atoms with van der Waals surface area (Å²) in [5.74, 6) is 0. The van der Waals surface area contributed by atoms with E-state index in [1.807, 2.05) is 12.1 Å². The lowest BCUT2D eigenvalue weighted by Crippen LogP contribution is -2.16. The summed E-state index contributed by atoms with van der Waals surface area (Å²) in [6.07, 6.45) is 2.57. The van der Waals surface area contributed by atoms with E-state index < -0.39 is 11.7 Å². The molecule has 0 spiro atoms. The molecule has 8 nitrogen and oxygen atoms in total. The van der Waals surface area contributed by atoms with E-state index in [4.69, 9.17) is 9.26 Å². The quantitative estimate of drug-likeness (QED) is 0.160. The molecule has 0 aliphatic carbocycles. The number of nitrogens with one attached hydrogen (secondary N) is 4. The number of hydrogen-bond acceptors (Lipinski definition) is 6. The smallest absolute Gasteiger partial charge is 0.382 e. The monoisotopic (exact) mass is 512 g/mol. The molecular weight excluding hydrogens is 485 g/mol. The maximum atomic E-state index is 12.9. The van der Waals surface area contributed by atoms with E-state index in [0.29, 0.717) is 37.2 Å². The number of benzene rings is 2. The Bertz CT molecular complexity index is 1440. The Morgan fingerprint density at radius 3 is 2.70 bits per heavy atom. The average molecular weight is 513 g/mol. The van der Waals surface area contributed by atoms with Gasteiger partial charge in [0.25, 0.3) is 0 Å². The Morgan fingerprint density at radius 2 is 1.86 bits per heavy atom. The lowest BCUT2D eigenvalue weighted by atomic mass is 10.1. The molecule has 0 atom stereocenters. The lowest BCUT2D eigenvalue weighted by Gasteiger charge is -2.10. The molecule has 0 saturated heterocycles. The molecule has 3 aromatic heterocycles. The van der Waals surface area contributed by atoms with Crippen molar-refractivity contribution in [3.63, 3.8) is 0 Å². The topological polar surface area (TPSA) is 104 Å². The highest BCUT2D eigenvalue weighted by molar-refractivity contribution is 5.95. The molecule has 37 heavy (non-hydrogen) atoms. The Kier molecular flexibility index (Phi) is 7.42. The third-order valence-corrected chi connectivity index (χ3v) is 6.10. The number of unbranched alkanes of at least 4 members (excludes halogenated alkanes) is 1. The third kappa shape index (κ3) is 6.12. The van der Waals surface area contributed by atoms with Gasteiger partial charge in [-0.25, -0.2) is 0 Å². The zero-order valence-electron chi connectivity index (χ0n) is 20.0. The third-order valence-electron chi connectivity index (χ3n) is 6.10. The molecule has 0 aliphatic heterocycles. The number of halogens is 3. The van der Waals surface area contributed by atoms with Crippen molar-refractivity contribution < 1.29 is 22.4 Å². The van der Waals surface area contributed by atoms with Crippen molar-refractivity contribution in [1.82, 2.24) is 25.7 Å². The molecule has 0 fully saturated rings. The van der Waals surface area contributed by atoms with Gasteiger partial charge in [-0.1, -0.05) is 5.16 Å². The van der Waals surface area contributed by atoms with Crippen molar-refractivity contribution in [2.45, 2.75) is 25.6 Å². The first-order valence-electron chi connectivity index (χ1n) is 12.1. The van der Waals surface area contributed by atoms with E-state index in [9.17, 15) is 13.2 Å². The largest absolute Gasteiger partial charge is 0.416 e. The summed E-state index contributed by atoms with van der Waals surface area (Å²) in [4.78, 5) is 3.16. The van der Waals surface area contributed by atoms with Crippen molar-refractivity contribution >= 4 is 27.5 Å². The van der Waals surface area contributed by atoms with E-state index in [-0.39, 0.29) is 0 Å². The van der Waals surface area contributed by atoms with E-state index in [1.165, 1.54) is 12.1 Å². The molecule has 0 bridgehead atoms. The average Bonchev–Trinajstić information content (AvgIpc) is 3.64. The summed E-state index contributed by atoms with van der Waals surface area (Å²) in [5, 5.41) is 19.2. The van der Waals surface area contributed by atoms with Gasteiger partial charge in [-0.2, -0.15) is 18.3 Å². The molecule has 0 unspecified atom stereocenters. The van der Waals surface area contributed by atoms with E-state index >= 15 is 0 Å². The normalized spacial score (nSPS) is 12.1. The number of aromatic nitrogens is 4. The highest BCUT2D eigenvalue weighted by Crippen LogP contribution is 2.32. The number of nitrogens with zero attached hydrogens (tertiary/aromatic N) is 2. The first-order valence-corrected chi connectivity index (χ1v) is 12.1. The van der Waals surface area contributed by atoms with Crippen LogP contribution in [0.25, 0.3) is 32.9 Å². The summed E-state index contributed by atoms with van der Waals surface area (Å²) in [5.41, 5.74) is 4.68. The van der Waals surface area contributed by atoms with Crippen LogP contribution in [0.4, 0.5) is 18.9 Å². The molecule has 5 rings (SSSR count). The zero-order valence-corrected chi connectivity index (χ0v) is 20.0. The zero-order chi connectivity index (χ0) is 25.7. The first-order chi connectivity index (χ1) is 18.0. The Morgan fingerprint density at radius 1 is 0.946 bits per heavy atom. The number of fused-ring (bicyclic) bond motifs is 2. The van der Waals surface area contributed by atoms with Gasteiger partial charge in [-0.3, -0.25) is 5.10 Å². The molecule has 0 amide bonds. The minimum atomic E-state index is -4.34. The number of aromatic amines is 2. The van der Waals surface area contributed by atoms with Crippen LogP contribution in [-0.2, 0) is 17.5 Å². The van der Waals surface area contributed by atoms with Crippen molar-refractivity contribution in [1.29, 1.82) is 0 Å².